The number of carbonyl (C=O) groups is 1. The van der Waals surface area contributed by atoms with Crippen LogP contribution in [0.2, 0.25) is 0 Å². The molecule has 1 rings (SSSR count). The zero-order valence-corrected chi connectivity index (χ0v) is 15.5. The van der Waals surface area contributed by atoms with Gasteiger partial charge in [-0.2, -0.15) is 0 Å². The summed E-state index contributed by atoms with van der Waals surface area (Å²) in [7, 11) is 0. The molecule has 1 aromatic rings. The predicted octanol–water partition coefficient (Wildman–Crippen LogP) is 5.98. The van der Waals surface area contributed by atoms with Gasteiger partial charge < -0.3 is 0 Å². The molecule has 0 aliphatic carbocycles. The number of halogens is 1. The van der Waals surface area contributed by atoms with E-state index in [9.17, 15) is 4.79 Å². The molecule has 0 saturated heterocycles. The number of rotatable bonds is 7. The zero-order chi connectivity index (χ0) is 16.2. The molecule has 21 heavy (non-hydrogen) atoms. The van der Waals surface area contributed by atoms with Crippen molar-refractivity contribution in [1.82, 2.24) is 0 Å². The van der Waals surface area contributed by atoms with Gasteiger partial charge in [-0.3, -0.25) is 4.79 Å². The Hall–Kier alpha value is -0.890. The summed E-state index contributed by atoms with van der Waals surface area (Å²) < 4.78 is 1.13. The van der Waals surface area contributed by atoms with Crippen molar-refractivity contribution in [2.75, 3.05) is 0 Å². The van der Waals surface area contributed by atoms with E-state index < -0.39 is 0 Å². The molecule has 0 aliphatic heterocycles. The first-order valence-electron chi connectivity index (χ1n) is 7.80. The van der Waals surface area contributed by atoms with Gasteiger partial charge in [0.05, 0.1) is 0 Å². The fourth-order valence-corrected chi connectivity index (χ4v) is 3.06. The fourth-order valence-electron chi connectivity index (χ4n) is 2.83. The van der Waals surface area contributed by atoms with Crippen LogP contribution < -0.4 is 0 Å². The summed E-state index contributed by atoms with van der Waals surface area (Å²) in [4.78, 5) is 12.9. The van der Waals surface area contributed by atoms with Gasteiger partial charge in [-0.15, -0.1) is 6.58 Å². The summed E-state index contributed by atoms with van der Waals surface area (Å²) in [5.74, 6) is 0.554. The van der Waals surface area contributed by atoms with Crippen LogP contribution in [0.1, 0.15) is 56.2 Å². The van der Waals surface area contributed by atoms with Crippen LogP contribution in [0.4, 0.5) is 0 Å². The number of allylic oxidation sites excluding steroid dienone is 1. The van der Waals surface area contributed by atoms with E-state index in [1.807, 2.05) is 13.0 Å². The zero-order valence-electron chi connectivity index (χ0n) is 13.9. The minimum absolute atomic E-state index is 0.0760. The summed E-state index contributed by atoms with van der Waals surface area (Å²) in [5.41, 5.74) is 3.50. The fraction of sp³-hybridized carbons (Fsp3) is 0.526. The van der Waals surface area contributed by atoms with Crippen LogP contribution in [0.25, 0.3) is 0 Å². The summed E-state index contributed by atoms with van der Waals surface area (Å²) >= 11 is 3.61. The standard InChI is InChI=1S/C19H27BrO/c1-7-12(4)19(21)17(15(8-2)9-3)16-10-13(5)18(20)14(6)11-16/h8,10-12,15,17H,2,7,9H2,1,3-6H3. The highest BCUT2D eigenvalue weighted by atomic mass is 79.9. The Labute approximate surface area is 138 Å². The Morgan fingerprint density at radius 3 is 2.14 bits per heavy atom. The van der Waals surface area contributed by atoms with Gasteiger partial charge in [0, 0.05) is 16.3 Å². The average molecular weight is 351 g/mol. The summed E-state index contributed by atoms with van der Waals surface area (Å²) in [5, 5.41) is 0. The van der Waals surface area contributed by atoms with E-state index in [4.69, 9.17) is 0 Å². The lowest BCUT2D eigenvalue weighted by molar-refractivity contribution is -0.124. The van der Waals surface area contributed by atoms with Crippen molar-refractivity contribution in [2.24, 2.45) is 11.8 Å². The molecule has 0 aliphatic rings. The lowest BCUT2D eigenvalue weighted by Gasteiger charge is -2.26. The SMILES string of the molecule is C=CC(CC)C(C(=O)C(C)CC)c1cc(C)c(Br)c(C)c1. The number of aryl methyl sites for hydroxylation is 2. The maximum absolute atomic E-state index is 12.9. The van der Waals surface area contributed by atoms with Gasteiger partial charge in [0.25, 0.3) is 0 Å². The maximum atomic E-state index is 12.9. The smallest absolute Gasteiger partial charge is 0.143 e. The highest BCUT2D eigenvalue weighted by Crippen LogP contribution is 2.35. The van der Waals surface area contributed by atoms with Gasteiger partial charge in [-0.05, 0) is 49.3 Å². The Morgan fingerprint density at radius 2 is 1.76 bits per heavy atom. The number of Topliss-reactive ketones (excluding diaryl/α,β-unsaturated/α-hetero) is 1. The van der Waals surface area contributed by atoms with Gasteiger partial charge in [0.15, 0.2) is 0 Å². The Kier molecular flexibility index (Phi) is 6.86. The first-order valence-corrected chi connectivity index (χ1v) is 8.59. The van der Waals surface area contributed by atoms with Crippen molar-refractivity contribution in [1.29, 1.82) is 0 Å². The Bertz CT molecular complexity index is 495. The lowest BCUT2D eigenvalue weighted by Crippen LogP contribution is -2.25. The highest BCUT2D eigenvalue weighted by molar-refractivity contribution is 9.10. The maximum Gasteiger partial charge on any atom is 0.143 e. The Morgan fingerprint density at radius 1 is 1.24 bits per heavy atom. The molecule has 0 bridgehead atoms. The molecular formula is C19H27BrO. The van der Waals surface area contributed by atoms with E-state index in [2.05, 4.69) is 62.3 Å². The minimum atomic E-state index is -0.0760. The van der Waals surface area contributed by atoms with Gasteiger partial charge in [-0.1, -0.05) is 54.9 Å². The largest absolute Gasteiger partial charge is 0.299 e. The Balaban J connectivity index is 3.36. The number of ketones is 1. The lowest BCUT2D eigenvalue weighted by atomic mass is 9.76. The molecule has 0 aromatic heterocycles. The second-order valence-electron chi connectivity index (χ2n) is 5.97. The topological polar surface area (TPSA) is 17.1 Å². The highest BCUT2D eigenvalue weighted by Gasteiger charge is 2.30. The summed E-state index contributed by atoms with van der Waals surface area (Å²) in [6, 6.07) is 4.29. The molecule has 3 unspecified atom stereocenters. The number of hydrogen-bond acceptors (Lipinski definition) is 1. The molecule has 0 heterocycles. The average Bonchev–Trinajstić information content (AvgIpc) is 2.48. The van der Waals surface area contributed by atoms with Crippen LogP contribution in [0.15, 0.2) is 29.3 Å². The third-order valence-corrected chi connectivity index (χ3v) is 5.68. The van der Waals surface area contributed by atoms with Crippen molar-refractivity contribution >= 4 is 21.7 Å². The molecule has 0 N–H and O–H groups in total. The third-order valence-electron chi connectivity index (χ3n) is 4.42. The van der Waals surface area contributed by atoms with Crippen molar-refractivity contribution < 1.29 is 4.79 Å². The summed E-state index contributed by atoms with van der Waals surface area (Å²) in [6.45, 7) is 14.3. The quantitative estimate of drug-likeness (QED) is 0.553. The van der Waals surface area contributed by atoms with E-state index in [0.29, 0.717) is 5.78 Å². The second-order valence-corrected chi connectivity index (χ2v) is 6.76. The number of carbonyl (C=O) groups excluding carboxylic acids is 1. The van der Waals surface area contributed by atoms with Gasteiger partial charge in [0.1, 0.15) is 5.78 Å². The van der Waals surface area contributed by atoms with Crippen molar-refractivity contribution in [2.45, 2.75) is 53.4 Å². The van der Waals surface area contributed by atoms with Crippen LogP contribution >= 0.6 is 15.9 Å². The summed E-state index contributed by atoms with van der Waals surface area (Å²) in [6.07, 6.45) is 3.76. The predicted molar refractivity (Wildman–Crippen MR) is 94.8 cm³/mol. The van der Waals surface area contributed by atoms with Crippen LogP contribution in [0.3, 0.4) is 0 Å². The first kappa shape index (κ1) is 18.2. The molecule has 0 spiro atoms. The van der Waals surface area contributed by atoms with Gasteiger partial charge >= 0.3 is 0 Å². The normalized spacial score (nSPS) is 15.3. The van der Waals surface area contributed by atoms with E-state index >= 15 is 0 Å². The molecule has 3 atom stereocenters. The number of benzene rings is 1. The van der Waals surface area contributed by atoms with Crippen LogP contribution in [0.5, 0.6) is 0 Å². The second kappa shape index (κ2) is 7.93. The van der Waals surface area contributed by atoms with Crippen LogP contribution in [-0.2, 0) is 4.79 Å². The van der Waals surface area contributed by atoms with Gasteiger partial charge in [-0.25, -0.2) is 0 Å². The molecule has 0 amide bonds. The van der Waals surface area contributed by atoms with E-state index in [1.54, 1.807) is 0 Å². The molecule has 1 nitrogen and oxygen atoms in total. The molecule has 2 heteroatoms. The van der Waals surface area contributed by atoms with Gasteiger partial charge in [0.2, 0.25) is 0 Å². The van der Waals surface area contributed by atoms with E-state index in [-0.39, 0.29) is 17.8 Å². The molecule has 0 radical (unpaired) electrons. The molecule has 0 saturated carbocycles. The third kappa shape index (κ3) is 4.06. The molecular weight excluding hydrogens is 324 g/mol. The monoisotopic (exact) mass is 350 g/mol. The molecule has 1 aromatic carbocycles. The first-order chi connectivity index (χ1) is 9.87. The number of hydrogen-bond donors (Lipinski definition) is 0. The van der Waals surface area contributed by atoms with E-state index in [1.165, 1.54) is 11.1 Å². The van der Waals surface area contributed by atoms with Crippen molar-refractivity contribution in [3.05, 3.63) is 46.0 Å². The van der Waals surface area contributed by atoms with E-state index in [0.717, 1.165) is 22.9 Å². The van der Waals surface area contributed by atoms with Crippen molar-refractivity contribution in [3.63, 3.8) is 0 Å². The minimum Gasteiger partial charge on any atom is -0.299 e. The molecule has 116 valence electrons. The van der Waals surface area contributed by atoms with Crippen LogP contribution in [-0.4, -0.2) is 5.78 Å². The van der Waals surface area contributed by atoms with Crippen molar-refractivity contribution in [3.8, 4) is 0 Å². The molecule has 0 fully saturated rings. The van der Waals surface area contributed by atoms with Crippen LogP contribution in [0, 0.1) is 25.7 Å².